The van der Waals surface area contributed by atoms with Crippen LogP contribution in [0.5, 0.6) is 0 Å². The summed E-state index contributed by atoms with van der Waals surface area (Å²) in [5, 5.41) is 0. The topological polar surface area (TPSA) is 84.0 Å². The Morgan fingerprint density at radius 3 is 2.47 bits per heavy atom. The highest BCUT2D eigenvalue weighted by atomic mass is 32.2. The molecule has 176 valence electrons. The summed E-state index contributed by atoms with van der Waals surface area (Å²) < 4.78 is 32.6. The molecule has 0 saturated heterocycles. The summed E-state index contributed by atoms with van der Waals surface area (Å²) in [6.45, 7) is 3.43. The van der Waals surface area contributed by atoms with E-state index in [1.165, 1.54) is 31.3 Å². The van der Waals surface area contributed by atoms with Gasteiger partial charge in [0.05, 0.1) is 16.1 Å². The van der Waals surface area contributed by atoms with Crippen LogP contribution in [0.4, 0.5) is 11.4 Å². The quantitative estimate of drug-likeness (QED) is 0.501. The number of amides is 1. The number of fused-ring (bicyclic) bond motifs is 1. The first-order valence-electron chi connectivity index (χ1n) is 10.9. The van der Waals surface area contributed by atoms with Crippen molar-refractivity contribution < 1.29 is 22.7 Å². The van der Waals surface area contributed by atoms with Crippen LogP contribution >= 0.6 is 0 Å². The Labute approximate surface area is 199 Å². The Morgan fingerprint density at radius 2 is 1.74 bits per heavy atom. The Morgan fingerprint density at radius 1 is 1.03 bits per heavy atom. The summed E-state index contributed by atoms with van der Waals surface area (Å²) in [5.74, 6) is -1.09. The van der Waals surface area contributed by atoms with E-state index in [1.807, 2.05) is 50.2 Å². The van der Waals surface area contributed by atoms with E-state index in [9.17, 15) is 18.0 Å². The van der Waals surface area contributed by atoms with Gasteiger partial charge in [0.1, 0.15) is 0 Å². The molecule has 7 nitrogen and oxygen atoms in total. The fourth-order valence-electron chi connectivity index (χ4n) is 4.06. The number of rotatable bonds is 6. The number of carbonyl (C=O) groups excluding carboxylic acids is 2. The Kier molecular flexibility index (Phi) is 6.43. The van der Waals surface area contributed by atoms with Crippen molar-refractivity contribution in [1.29, 1.82) is 0 Å². The highest BCUT2D eigenvalue weighted by molar-refractivity contribution is 7.92. The second-order valence-electron chi connectivity index (χ2n) is 8.36. The van der Waals surface area contributed by atoms with E-state index in [4.69, 9.17) is 4.74 Å². The zero-order valence-corrected chi connectivity index (χ0v) is 20.1. The van der Waals surface area contributed by atoms with Gasteiger partial charge in [0.2, 0.25) is 0 Å². The maximum Gasteiger partial charge on any atom is 0.338 e. The number of nitrogens with zero attached hydrogens (tertiary/aromatic N) is 2. The van der Waals surface area contributed by atoms with Gasteiger partial charge in [0.15, 0.2) is 6.61 Å². The molecular weight excluding hydrogens is 452 g/mol. The van der Waals surface area contributed by atoms with Crippen LogP contribution < -0.4 is 9.21 Å². The number of sulfonamides is 1. The molecule has 0 N–H and O–H groups in total. The average Bonchev–Trinajstić information content (AvgIpc) is 3.18. The van der Waals surface area contributed by atoms with Gasteiger partial charge in [-0.15, -0.1) is 0 Å². The van der Waals surface area contributed by atoms with Crippen molar-refractivity contribution in [3.05, 3.63) is 89.5 Å². The van der Waals surface area contributed by atoms with Gasteiger partial charge >= 0.3 is 5.97 Å². The van der Waals surface area contributed by atoms with Crippen LogP contribution in [-0.2, 0) is 26.0 Å². The van der Waals surface area contributed by atoms with Crippen molar-refractivity contribution in [2.45, 2.75) is 31.2 Å². The molecule has 8 heteroatoms. The number of para-hydroxylation sites is 1. The van der Waals surface area contributed by atoms with Crippen molar-refractivity contribution in [3.8, 4) is 0 Å². The predicted molar refractivity (Wildman–Crippen MR) is 131 cm³/mol. The Bertz CT molecular complexity index is 1340. The van der Waals surface area contributed by atoms with Gasteiger partial charge < -0.3 is 9.64 Å². The SMILES string of the molecule is Cc1ccc(N(C)S(=O)(=O)c2cccc(C(=O)OCC(=O)N3c4ccccc4CC3C)c2)cc1. The summed E-state index contributed by atoms with van der Waals surface area (Å²) in [4.78, 5) is 27.0. The molecule has 0 spiro atoms. The van der Waals surface area contributed by atoms with Crippen LogP contribution in [0, 0.1) is 6.92 Å². The molecule has 0 aromatic heterocycles. The van der Waals surface area contributed by atoms with E-state index in [0.717, 1.165) is 27.5 Å². The molecule has 1 amide bonds. The molecule has 0 fully saturated rings. The maximum absolute atomic E-state index is 13.1. The van der Waals surface area contributed by atoms with E-state index in [1.54, 1.807) is 17.0 Å². The molecule has 1 aliphatic rings. The highest BCUT2D eigenvalue weighted by Crippen LogP contribution is 2.32. The molecule has 3 aromatic carbocycles. The van der Waals surface area contributed by atoms with Crippen LogP contribution in [0.1, 0.15) is 28.4 Å². The zero-order chi connectivity index (χ0) is 24.5. The van der Waals surface area contributed by atoms with Gasteiger partial charge in [-0.25, -0.2) is 13.2 Å². The van der Waals surface area contributed by atoms with E-state index in [0.29, 0.717) is 5.69 Å². The number of hydrogen-bond acceptors (Lipinski definition) is 5. The molecular formula is C26H26N2O5S. The fraction of sp³-hybridized carbons (Fsp3) is 0.231. The third-order valence-corrected chi connectivity index (χ3v) is 7.71. The molecule has 4 rings (SSSR count). The second-order valence-corrected chi connectivity index (χ2v) is 10.3. The molecule has 1 unspecified atom stereocenters. The molecule has 34 heavy (non-hydrogen) atoms. The van der Waals surface area contributed by atoms with E-state index in [2.05, 4.69) is 0 Å². The Balaban J connectivity index is 1.47. The van der Waals surface area contributed by atoms with E-state index < -0.39 is 22.6 Å². The van der Waals surface area contributed by atoms with Gasteiger partial charge in [0.25, 0.3) is 15.9 Å². The van der Waals surface area contributed by atoms with Crippen LogP contribution in [0.3, 0.4) is 0 Å². The van der Waals surface area contributed by atoms with Crippen LogP contribution in [0.15, 0.2) is 77.7 Å². The van der Waals surface area contributed by atoms with E-state index >= 15 is 0 Å². The van der Waals surface area contributed by atoms with Crippen molar-refractivity contribution in [2.75, 3.05) is 22.9 Å². The first-order valence-corrected chi connectivity index (χ1v) is 12.4. The number of benzene rings is 3. The van der Waals surface area contributed by atoms with Crippen molar-refractivity contribution in [1.82, 2.24) is 0 Å². The summed E-state index contributed by atoms with van der Waals surface area (Å²) in [7, 11) is -2.44. The van der Waals surface area contributed by atoms with Gasteiger partial charge in [-0.3, -0.25) is 9.10 Å². The molecule has 1 atom stereocenters. The molecule has 1 heterocycles. The standard InChI is InChI=1S/C26H26N2O5S/c1-18-11-13-22(14-12-18)27(3)34(31,32)23-9-6-8-21(16-23)26(30)33-17-25(29)28-19(2)15-20-7-4-5-10-24(20)28/h4-14,16,19H,15,17H2,1-3H3. The van der Waals surface area contributed by atoms with Crippen LogP contribution in [-0.4, -0.2) is 40.0 Å². The summed E-state index contributed by atoms with van der Waals surface area (Å²) in [5.41, 5.74) is 3.47. The fourth-order valence-corrected chi connectivity index (χ4v) is 5.30. The van der Waals surface area contributed by atoms with Crippen molar-refractivity contribution in [3.63, 3.8) is 0 Å². The second kappa shape index (κ2) is 9.30. The van der Waals surface area contributed by atoms with Crippen LogP contribution in [0.25, 0.3) is 0 Å². The number of anilines is 2. The lowest BCUT2D eigenvalue weighted by molar-refractivity contribution is -0.122. The lowest BCUT2D eigenvalue weighted by Gasteiger charge is -2.22. The molecule has 0 radical (unpaired) electrons. The smallest absolute Gasteiger partial charge is 0.338 e. The first-order chi connectivity index (χ1) is 16.2. The zero-order valence-electron chi connectivity index (χ0n) is 19.3. The molecule has 0 bridgehead atoms. The monoisotopic (exact) mass is 478 g/mol. The summed E-state index contributed by atoms with van der Waals surface area (Å²) in [6, 6.07) is 20.3. The van der Waals surface area contributed by atoms with E-state index in [-0.39, 0.29) is 22.4 Å². The number of aryl methyl sites for hydroxylation is 1. The predicted octanol–water partition coefficient (Wildman–Crippen LogP) is 3.95. The van der Waals surface area contributed by atoms with Crippen LogP contribution in [0.2, 0.25) is 0 Å². The average molecular weight is 479 g/mol. The number of ether oxygens (including phenoxy) is 1. The van der Waals surface area contributed by atoms with Crippen molar-refractivity contribution >= 4 is 33.3 Å². The molecule has 3 aromatic rings. The van der Waals surface area contributed by atoms with Gasteiger partial charge in [-0.2, -0.15) is 0 Å². The maximum atomic E-state index is 13.1. The third-order valence-electron chi connectivity index (χ3n) is 5.93. The number of esters is 1. The molecule has 1 aliphatic heterocycles. The summed E-state index contributed by atoms with van der Waals surface area (Å²) in [6.07, 6.45) is 0.740. The largest absolute Gasteiger partial charge is 0.452 e. The van der Waals surface area contributed by atoms with Crippen molar-refractivity contribution in [2.24, 2.45) is 0 Å². The lowest BCUT2D eigenvalue weighted by Crippen LogP contribution is -2.38. The highest BCUT2D eigenvalue weighted by Gasteiger charge is 2.31. The Hall–Kier alpha value is -3.65. The normalized spacial score (nSPS) is 15.0. The summed E-state index contributed by atoms with van der Waals surface area (Å²) >= 11 is 0. The van der Waals surface area contributed by atoms with Gasteiger partial charge in [-0.05, 0) is 62.2 Å². The lowest BCUT2D eigenvalue weighted by atomic mass is 10.1. The van der Waals surface area contributed by atoms with Gasteiger partial charge in [0, 0.05) is 18.8 Å². The minimum absolute atomic E-state index is 0.0330. The molecule has 0 saturated carbocycles. The number of carbonyl (C=O) groups is 2. The minimum Gasteiger partial charge on any atom is -0.452 e. The van der Waals surface area contributed by atoms with Gasteiger partial charge in [-0.1, -0.05) is 42.0 Å². The first kappa shape index (κ1) is 23.5. The molecule has 0 aliphatic carbocycles. The number of hydrogen-bond donors (Lipinski definition) is 0. The minimum atomic E-state index is -3.90. The third kappa shape index (κ3) is 4.54.